The number of likely N-dealkylation sites (N-methyl/N-ethyl adjacent to an activating group) is 2. The number of amides is 5. The molecule has 0 aromatic heterocycles. The van der Waals surface area contributed by atoms with E-state index in [1.165, 1.54) is 14.0 Å². The minimum atomic E-state index is -1.22. The van der Waals surface area contributed by atoms with Crippen LogP contribution in [0.4, 0.5) is 4.79 Å². The number of imide groups is 2. The summed E-state index contributed by atoms with van der Waals surface area (Å²) in [5.74, 6) is -4.09. The van der Waals surface area contributed by atoms with Gasteiger partial charge in [-0.3, -0.25) is 19.3 Å². The Balaban J connectivity index is 2.78. The van der Waals surface area contributed by atoms with Gasteiger partial charge in [0.15, 0.2) is 0 Å². The quantitative estimate of drug-likeness (QED) is 0.483. The van der Waals surface area contributed by atoms with E-state index in [2.05, 4.69) is 0 Å². The second kappa shape index (κ2) is 5.04. The summed E-state index contributed by atoms with van der Waals surface area (Å²) in [6.45, 7) is 0.618. The summed E-state index contributed by atoms with van der Waals surface area (Å²) in [4.78, 5) is 58.5. The van der Waals surface area contributed by atoms with Gasteiger partial charge < -0.3 is 10.0 Å². The fourth-order valence-electron chi connectivity index (χ4n) is 1.38. The maximum Gasteiger partial charge on any atom is 0.334 e. The average Bonchev–Trinajstić information content (AvgIpc) is 2.54. The third-order valence-electron chi connectivity index (χ3n) is 2.88. The molecule has 9 nitrogen and oxygen atoms in total. The number of urea groups is 1. The topological polar surface area (TPSA) is 115 Å². The van der Waals surface area contributed by atoms with Crippen LogP contribution < -0.4 is 0 Å². The van der Waals surface area contributed by atoms with Crippen LogP contribution in [0, 0.1) is 0 Å². The molecule has 19 heavy (non-hydrogen) atoms. The lowest BCUT2D eigenvalue weighted by Gasteiger charge is -2.23. The van der Waals surface area contributed by atoms with E-state index in [-0.39, 0.29) is 0 Å². The lowest BCUT2D eigenvalue weighted by Crippen LogP contribution is -2.47. The van der Waals surface area contributed by atoms with Gasteiger partial charge in [0.1, 0.15) is 12.6 Å². The number of nitrogens with zero attached hydrogens (tertiary/aromatic N) is 3. The van der Waals surface area contributed by atoms with Crippen molar-refractivity contribution in [2.75, 3.05) is 20.6 Å². The van der Waals surface area contributed by atoms with Crippen LogP contribution in [-0.4, -0.2) is 76.2 Å². The van der Waals surface area contributed by atoms with Crippen LogP contribution in [0.5, 0.6) is 0 Å². The van der Waals surface area contributed by atoms with Gasteiger partial charge in [-0.05, 0) is 6.92 Å². The fraction of sp³-hybridized carbons (Fsp3) is 0.500. The number of hydrogen-bond acceptors (Lipinski definition) is 5. The van der Waals surface area contributed by atoms with Crippen LogP contribution in [0.2, 0.25) is 0 Å². The van der Waals surface area contributed by atoms with Crippen molar-refractivity contribution in [1.29, 1.82) is 0 Å². The van der Waals surface area contributed by atoms with Crippen LogP contribution in [-0.2, 0) is 19.2 Å². The zero-order valence-electron chi connectivity index (χ0n) is 10.6. The molecule has 0 aliphatic carbocycles. The number of carboxylic acid groups (broad SMARTS) is 1. The Morgan fingerprint density at radius 3 is 2.16 bits per heavy atom. The lowest BCUT2D eigenvalue weighted by atomic mass is 10.3. The van der Waals surface area contributed by atoms with Crippen molar-refractivity contribution in [2.24, 2.45) is 0 Å². The van der Waals surface area contributed by atoms with Gasteiger partial charge in [-0.25, -0.2) is 14.5 Å². The van der Waals surface area contributed by atoms with Crippen molar-refractivity contribution < 1.29 is 29.1 Å². The molecule has 0 radical (unpaired) electrons. The molecule has 0 saturated carbocycles. The lowest BCUT2D eigenvalue weighted by molar-refractivity contribution is -0.149. The van der Waals surface area contributed by atoms with Gasteiger partial charge in [0.2, 0.25) is 5.91 Å². The predicted molar refractivity (Wildman–Crippen MR) is 59.7 cm³/mol. The van der Waals surface area contributed by atoms with Crippen molar-refractivity contribution in [3.05, 3.63) is 0 Å². The van der Waals surface area contributed by atoms with Gasteiger partial charge in [0, 0.05) is 14.1 Å². The molecule has 0 aromatic carbocycles. The molecule has 1 unspecified atom stereocenters. The van der Waals surface area contributed by atoms with Crippen molar-refractivity contribution in [1.82, 2.24) is 14.7 Å². The molecule has 0 bridgehead atoms. The van der Waals surface area contributed by atoms with E-state index >= 15 is 0 Å². The highest BCUT2D eigenvalue weighted by molar-refractivity contribution is 6.44. The Morgan fingerprint density at radius 1 is 1.26 bits per heavy atom. The van der Waals surface area contributed by atoms with Gasteiger partial charge >= 0.3 is 23.8 Å². The van der Waals surface area contributed by atoms with Crippen molar-refractivity contribution >= 4 is 29.7 Å². The first-order valence-electron chi connectivity index (χ1n) is 5.30. The van der Waals surface area contributed by atoms with E-state index in [0.717, 1.165) is 11.9 Å². The Kier molecular flexibility index (Phi) is 3.88. The summed E-state index contributed by atoms with van der Waals surface area (Å²) >= 11 is 0. The average molecular weight is 271 g/mol. The smallest absolute Gasteiger partial charge is 0.334 e. The first-order chi connectivity index (χ1) is 8.68. The highest BCUT2D eigenvalue weighted by atomic mass is 16.4. The highest BCUT2D eigenvalue weighted by Crippen LogP contribution is 2.10. The van der Waals surface area contributed by atoms with E-state index in [1.807, 2.05) is 0 Å². The molecule has 0 aromatic rings. The molecule has 1 heterocycles. The molecule has 1 saturated heterocycles. The summed E-state index contributed by atoms with van der Waals surface area (Å²) in [6.07, 6.45) is 0. The van der Waals surface area contributed by atoms with Crippen molar-refractivity contribution in [3.63, 3.8) is 0 Å². The van der Waals surface area contributed by atoms with Gasteiger partial charge in [0.25, 0.3) is 0 Å². The maximum atomic E-state index is 11.7. The van der Waals surface area contributed by atoms with Gasteiger partial charge in [-0.15, -0.1) is 0 Å². The van der Waals surface area contributed by atoms with E-state index < -0.39 is 42.3 Å². The van der Waals surface area contributed by atoms with Gasteiger partial charge in [-0.1, -0.05) is 0 Å². The minimum absolute atomic E-state index is 0.482. The maximum absolute atomic E-state index is 11.7. The monoisotopic (exact) mass is 271 g/mol. The first-order valence-corrected chi connectivity index (χ1v) is 5.30. The molecule has 1 atom stereocenters. The number of hydrogen-bond donors (Lipinski definition) is 1. The SMILES string of the molecule is CC(C(=O)O)N(C)C(=O)CN1C(=O)C(=O)N(C)C1=O. The Hall–Kier alpha value is -2.45. The number of rotatable bonds is 4. The van der Waals surface area contributed by atoms with Crippen LogP contribution in [0.15, 0.2) is 0 Å². The second-order valence-electron chi connectivity index (χ2n) is 4.06. The van der Waals surface area contributed by atoms with Crippen LogP contribution in [0.3, 0.4) is 0 Å². The Morgan fingerprint density at radius 2 is 1.79 bits per heavy atom. The highest BCUT2D eigenvalue weighted by Gasteiger charge is 2.43. The summed E-state index contributed by atoms with van der Waals surface area (Å²) in [5.41, 5.74) is 0. The molecular formula is C10H13N3O6. The third-order valence-corrected chi connectivity index (χ3v) is 2.88. The molecule has 1 N–H and O–H groups in total. The molecule has 1 fully saturated rings. The molecule has 0 spiro atoms. The first kappa shape index (κ1) is 14.6. The molecule has 1 rings (SSSR count). The minimum Gasteiger partial charge on any atom is -0.480 e. The van der Waals surface area contributed by atoms with E-state index in [9.17, 15) is 24.0 Å². The van der Waals surface area contributed by atoms with E-state index in [1.54, 1.807) is 0 Å². The van der Waals surface area contributed by atoms with Crippen LogP contribution >= 0.6 is 0 Å². The molecular weight excluding hydrogens is 258 g/mol. The zero-order chi connectivity index (χ0) is 14.9. The van der Waals surface area contributed by atoms with E-state index in [4.69, 9.17) is 5.11 Å². The normalized spacial score (nSPS) is 16.9. The molecule has 5 amide bonds. The number of carbonyl (C=O) groups excluding carboxylic acids is 4. The summed E-state index contributed by atoms with van der Waals surface area (Å²) in [5, 5.41) is 8.75. The zero-order valence-corrected chi connectivity index (χ0v) is 10.6. The molecule has 1 aliphatic heterocycles. The Labute approximate surface area is 108 Å². The summed E-state index contributed by atoms with van der Waals surface area (Å²) in [6, 6.07) is -2.01. The third kappa shape index (κ3) is 2.54. The standard InChI is InChI=1S/C10H13N3O6/c1-5(9(17)18)11(2)6(14)4-13-8(16)7(15)12(3)10(13)19/h5H,4H2,1-3H3,(H,17,18). The molecule has 1 aliphatic rings. The summed E-state index contributed by atoms with van der Waals surface area (Å²) in [7, 11) is 2.36. The molecule has 9 heteroatoms. The largest absolute Gasteiger partial charge is 0.480 e. The fourth-order valence-corrected chi connectivity index (χ4v) is 1.38. The molecule has 104 valence electrons. The van der Waals surface area contributed by atoms with Crippen LogP contribution in [0.25, 0.3) is 0 Å². The van der Waals surface area contributed by atoms with E-state index in [0.29, 0.717) is 9.80 Å². The van der Waals surface area contributed by atoms with Gasteiger partial charge in [-0.2, -0.15) is 0 Å². The number of carboxylic acids is 1. The van der Waals surface area contributed by atoms with Crippen molar-refractivity contribution in [2.45, 2.75) is 13.0 Å². The van der Waals surface area contributed by atoms with Crippen LogP contribution in [0.1, 0.15) is 6.92 Å². The van der Waals surface area contributed by atoms with Crippen molar-refractivity contribution in [3.8, 4) is 0 Å². The number of aliphatic carboxylic acids is 1. The summed E-state index contributed by atoms with van der Waals surface area (Å²) < 4.78 is 0. The van der Waals surface area contributed by atoms with Gasteiger partial charge in [0.05, 0.1) is 0 Å². The second-order valence-corrected chi connectivity index (χ2v) is 4.06. The Bertz CT molecular complexity index is 474. The predicted octanol–water partition coefficient (Wildman–Crippen LogP) is -1.66. The number of carbonyl (C=O) groups is 5.